The summed E-state index contributed by atoms with van der Waals surface area (Å²) in [5, 5.41) is 10.5. The second-order valence-electron chi connectivity index (χ2n) is 3.30. The van der Waals surface area contributed by atoms with Crippen molar-refractivity contribution >= 4 is 23.2 Å². The predicted molar refractivity (Wildman–Crippen MR) is 61.5 cm³/mol. The lowest BCUT2D eigenvalue weighted by molar-refractivity contribution is 0.176. The number of aromatic amines is 1. The first-order valence-electron chi connectivity index (χ1n) is 4.64. The first-order chi connectivity index (χ1) is 7.65. The molecule has 0 fully saturated rings. The van der Waals surface area contributed by atoms with E-state index in [9.17, 15) is 5.11 Å². The Kier molecular flexibility index (Phi) is 3.43. The number of imidazole rings is 1. The molecule has 2 rings (SSSR count). The second-order valence-corrected chi connectivity index (χ2v) is 4.08. The standard InChI is InChI=1S/C10H9Cl2N3O/c11-8-3-6(4-9(12)15-8)7(16)5-10-13-1-2-14-10/h1-4,7,16H,5H2,(H,13,14). The SMILES string of the molecule is OC(Cc1ncc[nH]1)c1cc(Cl)nc(Cl)c1. The minimum absolute atomic E-state index is 0.265. The van der Waals surface area contributed by atoms with Gasteiger partial charge < -0.3 is 10.1 Å². The molecular weight excluding hydrogens is 249 g/mol. The van der Waals surface area contributed by atoms with Crippen molar-refractivity contribution in [3.05, 3.63) is 46.2 Å². The highest BCUT2D eigenvalue weighted by Gasteiger charge is 2.12. The Hall–Kier alpha value is -1.10. The molecule has 1 unspecified atom stereocenters. The summed E-state index contributed by atoms with van der Waals surface area (Å²) in [6.45, 7) is 0. The van der Waals surface area contributed by atoms with Crippen LogP contribution in [0.25, 0.3) is 0 Å². The fraction of sp³-hybridized carbons (Fsp3) is 0.200. The highest BCUT2D eigenvalue weighted by atomic mass is 35.5. The van der Waals surface area contributed by atoms with Crippen molar-refractivity contribution in [3.8, 4) is 0 Å². The van der Waals surface area contributed by atoms with Crippen molar-refractivity contribution in [2.24, 2.45) is 0 Å². The van der Waals surface area contributed by atoms with Crippen LogP contribution in [-0.2, 0) is 6.42 Å². The highest BCUT2D eigenvalue weighted by molar-refractivity contribution is 6.32. The van der Waals surface area contributed by atoms with Gasteiger partial charge in [-0.1, -0.05) is 23.2 Å². The summed E-state index contributed by atoms with van der Waals surface area (Å²) in [6.07, 6.45) is 3.01. The number of nitrogens with one attached hydrogen (secondary N) is 1. The molecule has 2 aromatic rings. The number of hydrogen-bond acceptors (Lipinski definition) is 3. The maximum atomic E-state index is 9.94. The third-order valence-corrected chi connectivity index (χ3v) is 2.50. The van der Waals surface area contributed by atoms with Crippen LogP contribution in [0.1, 0.15) is 17.5 Å². The van der Waals surface area contributed by atoms with Crippen molar-refractivity contribution in [1.29, 1.82) is 0 Å². The van der Waals surface area contributed by atoms with Gasteiger partial charge in [-0.25, -0.2) is 9.97 Å². The Balaban J connectivity index is 2.17. The maximum absolute atomic E-state index is 9.94. The zero-order chi connectivity index (χ0) is 11.5. The molecule has 2 aromatic heterocycles. The summed E-state index contributed by atoms with van der Waals surface area (Å²) in [5.41, 5.74) is 0.626. The van der Waals surface area contributed by atoms with E-state index in [0.717, 1.165) is 0 Å². The molecule has 0 aromatic carbocycles. The zero-order valence-electron chi connectivity index (χ0n) is 8.19. The van der Waals surface area contributed by atoms with Gasteiger partial charge in [-0.2, -0.15) is 0 Å². The lowest BCUT2D eigenvalue weighted by Crippen LogP contribution is -2.03. The fourth-order valence-electron chi connectivity index (χ4n) is 1.39. The molecule has 2 N–H and O–H groups in total. The molecule has 2 heterocycles. The first-order valence-corrected chi connectivity index (χ1v) is 5.40. The van der Waals surface area contributed by atoms with Crippen LogP contribution in [0, 0.1) is 0 Å². The molecule has 0 amide bonds. The predicted octanol–water partition coefficient (Wildman–Crippen LogP) is 2.39. The molecule has 0 saturated heterocycles. The van der Waals surface area contributed by atoms with Crippen molar-refractivity contribution in [2.75, 3.05) is 0 Å². The molecule has 0 aliphatic rings. The van der Waals surface area contributed by atoms with Gasteiger partial charge in [0.05, 0.1) is 6.10 Å². The van der Waals surface area contributed by atoms with E-state index < -0.39 is 6.10 Å². The summed E-state index contributed by atoms with van der Waals surface area (Å²) in [4.78, 5) is 10.8. The summed E-state index contributed by atoms with van der Waals surface area (Å²) in [6, 6.07) is 3.17. The Labute approximate surface area is 102 Å². The van der Waals surface area contributed by atoms with E-state index in [1.807, 2.05) is 0 Å². The Morgan fingerprint density at radius 1 is 1.31 bits per heavy atom. The third kappa shape index (κ3) is 2.72. The summed E-state index contributed by atoms with van der Waals surface area (Å²) in [7, 11) is 0. The molecule has 16 heavy (non-hydrogen) atoms. The van der Waals surface area contributed by atoms with Gasteiger partial charge in [0.1, 0.15) is 16.1 Å². The molecule has 84 valence electrons. The average Bonchev–Trinajstić information content (AvgIpc) is 2.68. The van der Waals surface area contributed by atoms with E-state index in [0.29, 0.717) is 17.8 Å². The van der Waals surface area contributed by atoms with Gasteiger partial charge in [0.15, 0.2) is 0 Å². The van der Waals surface area contributed by atoms with E-state index in [1.165, 1.54) is 0 Å². The molecule has 0 bridgehead atoms. The minimum Gasteiger partial charge on any atom is -0.388 e. The molecule has 0 spiro atoms. The minimum atomic E-state index is -0.704. The van der Waals surface area contributed by atoms with E-state index in [4.69, 9.17) is 23.2 Å². The number of aliphatic hydroxyl groups is 1. The smallest absolute Gasteiger partial charge is 0.131 e. The number of hydrogen-bond donors (Lipinski definition) is 2. The number of H-pyrrole nitrogens is 1. The molecule has 4 nitrogen and oxygen atoms in total. The van der Waals surface area contributed by atoms with Crippen LogP contribution in [0.3, 0.4) is 0 Å². The van der Waals surface area contributed by atoms with Gasteiger partial charge in [0.25, 0.3) is 0 Å². The second kappa shape index (κ2) is 4.82. The van der Waals surface area contributed by atoms with E-state index >= 15 is 0 Å². The zero-order valence-corrected chi connectivity index (χ0v) is 9.70. The monoisotopic (exact) mass is 257 g/mol. The van der Waals surface area contributed by atoms with Gasteiger partial charge in [-0.05, 0) is 17.7 Å². The quantitative estimate of drug-likeness (QED) is 0.831. The Morgan fingerprint density at radius 2 is 2.00 bits per heavy atom. The van der Waals surface area contributed by atoms with Crippen molar-refractivity contribution in [2.45, 2.75) is 12.5 Å². The lowest BCUT2D eigenvalue weighted by atomic mass is 10.1. The van der Waals surface area contributed by atoms with Crippen LogP contribution < -0.4 is 0 Å². The molecule has 0 aliphatic heterocycles. The molecule has 0 saturated carbocycles. The van der Waals surface area contributed by atoms with Gasteiger partial charge in [0, 0.05) is 18.8 Å². The topological polar surface area (TPSA) is 61.8 Å². The molecule has 1 atom stereocenters. The Morgan fingerprint density at radius 3 is 2.56 bits per heavy atom. The van der Waals surface area contributed by atoms with Crippen molar-refractivity contribution in [1.82, 2.24) is 15.0 Å². The van der Waals surface area contributed by atoms with Crippen LogP contribution in [0.4, 0.5) is 0 Å². The van der Waals surface area contributed by atoms with Gasteiger partial charge in [-0.3, -0.25) is 0 Å². The van der Waals surface area contributed by atoms with Gasteiger partial charge >= 0.3 is 0 Å². The number of halogens is 2. The number of nitrogens with zero attached hydrogens (tertiary/aromatic N) is 2. The molecule has 0 aliphatic carbocycles. The molecule has 6 heteroatoms. The Bertz CT molecular complexity index is 453. The molecular formula is C10H9Cl2N3O. The fourth-order valence-corrected chi connectivity index (χ4v) is 1.86. The average molecular weight is 258 g/mol. The number of pyridine rings is 1. The number of rotatable bonds is 3. The number of aliphatic hydroxyl groups excluding tert-OH is 1. The van der Waals surface area contributed by atoms with E-state index in [1.54, 1.807) is 24.5 Å². The van der Waals surface area contributed by atoms with Crippen LogP contribution in [0.2, 0.25) is 10.3 Å². The largest absolute Gasteiger partial charge is 0.388 e. The van der Waals surface area contributed by atoms with Gasteiger partial charge in [-0.15, -0.1) is 0 Å². The lowest BCUT2D eigenvalue weighted by Gasteiger charge is -2.09. The van der Waals surface area contributed by atoms with Crippen LogP contribution >= 0.6 is 23.2 Å². The van der Waals surface area contributed by atoms with Crippen LogP contribution in [0.5, 0.6) is 0 Å². The maximum Gasteiger partial charge on any atom is 0.131 e. The third-order valence-electron chi connectivity index (χ3n) is 2.11. The van der Waals surface area contributed by atoms with Crippen molar-refractivity contribution in [3.63, 3.8) is 0 Å². The van der Waals surface area contributed by atoms with Gasteiger partial charge in [0.2, 0.25) is 0 Å². The summed E-state index contributed by atoms with van der Waals surface area (Å²) in [5.74, 6) is 0.705. The highest BCUT2D eigenvalue weighted by Crippen LogP contribution is 2.22. The first kappa shape index (κ1) is 11.4. The van der Waals surface area contributed by atoms with E-state index in [2.05, 4.69) is 15.0 Å². The van der Waals surface area contributed by atoms with Crippen molar-refractivity contribution < 1.29 is 5.11 Å². The number of aromatic nitrogens is 3. The molecule has 0 radical (unpaired) electrons. The van der Waals surface area contributed by atoms with E-state index in [-0.39, 0.29) is 10.3 Å². The van der Waals surface area contributed by atoms with Crippen LogP contribution in [-0.4, -0.2) is 20.1 Å². The summed E-state index contributed by atoms with van der Waals surface area (Å²) >= 11 is 11.5. The normalized spacial score (nSPS) is 12.7. The summed E-state index contributed by atoms with van der Waals surface area (Å²) < 4.78 is 0. The van der Waals surface area contributed by atoms with Crippen LogP contribution in [0.15, 0.2) is 24.5 Å².